The number of anilines is 1. The van der Waals surface area contributed by atoms with Crippen LogP contribution in [0.4, 0.5) is 10.5 Å². The van der Waals surface area contributed by atoms with Gasteiger partial charge in [-0.2, -0.15) is 0 Å². The van der Waals surface area contributed by atoms with Crippen molar-refractivity contribution < 1.29 is 14.6 Å². The van der Waals surface area contributed by atoms with Crippen LogP contribution in [0.5, 0.6) is 5.75 Å². The average Bonchev–Trinajstić information content (AvgIpc) is 2.54. The molecule has 0 aliphatic carbocycles. The Bertz CT molecular complexity index is 691. The van der Waals surface area contributed by atoms with E-state index in [2.05, 4.69) is 10.6 Å². The van der Waals surface area contributed by atoms with E-state index in [1.807, 2.05) is 19.9 Å². The third-order valence-corrected chi connectivity index (χ3v) is 3.52. The first-order chi connectivity index (χ1) is 11.5. The number of carbonyl (C=O) groups is 1. The van der Waals surface area contributed by atoms with E-state index in [1.165, 1.54) is 0 Å². The zero-order chi connectivity index (χ0) is 17.5. The number of rotatable bonds is 6. The number of halogens is 1. The Hall–Kier alpha value is -2.24. The lowest BCUT2D eigenvalue weighted by atomic mass is 10.1. The summed E-state index contributed by atoms with van der Waals surface area (Å²) in [5.41, 5.74) is 1.18. The zero-order valence-electron chi connectivity index (χ0n) is 13.6. The number of ether oxygens (including phenoxy) is 1. The molecule has 3 N–H and O–H groups in total. The molecule has 0 saturated heterocycles. The van der Waals surface area contributed by atoms with E-state index in [1.54, 1.807) is 42.5 Å². The number of carbonyl (C=O) groups excluding carboxylic acids is 1. The molecule has 5 nitrogen and oxygen atoms in total. The van der Waals surface area contributed by atoms with Gasteiger partial charge in [0.05, 0.1) is 22.9 Å². The van der Waals surface area contributed by atoms with Crippen LogP contribution in [0.1, 0.15) is 25.5 Å². The van der Waals surface area contributed by atoms with Gasteiger partial charge in [-0.1, -0.05) is 35.9 Å². The summed E-state index contributed by atoms with van der Waals surface area (Å²) in [6.45, 7) is 3.94. The molecule has 2 rings (SSSR count). The highest BCUT2D eigenvalue weighted by Crippen LogP contribution is 2.21. The minimum Gasteiger partial charge on any atom is -0.491 e. The van der Waals surface area contributed by atoms with Crippen LogP contribution in [-0.2, 0) is 0 Å². The zero-order valence-corrected chi connectivity index (χ0v) is 14.4. The molecule has 0 aromatic heterocycles. The second-order valence-corrected chi connectivity index (χ2v) is 5.98. The average molecular weight is 349 g/mol. The van der Waals surface area contributed by atoms with Crippen molar-refractivity contribution in [2.24, 2.45) is 0 Å². The molecule has 24 heavy (non-hydrogen) atoms. The Balaban J connectivity index is 1.89. The number of hydrogen-bond acceptors (Lipinski definition) is 3. The highest BCUT2D eigenvalue weighted by molar-refractivity contribution is 6.33. The minimum atomic E-state index is -0.835. The third kappa shape index (κ3) is 5.44. The van der Waals surface area contributed by atoms with Gasteiger partial charge in [-0.15, -0.1) is 0 Å². The summed E-state index contributed by atoms with van der Waals surface area (Å²) in [6, 6.07) is 13.7. The van der Waals surface area contributed by atoms with Crippen molar-refractivity contribution in [1.82, 2.24) is 5.32 Å². The molecule has 0 aliphatic heterocycles. The lowest BCUT2D eigenvalue weighted by Gasteiger charge is -2.15. The van der Waals surface area contributed by atoms with Crippen molar-refractivity contribution in [3.05, 3.63) is 59.1 Å². The van der Waals surface area contributed by atoms with Gasteiger partial charge in [-0.3, -0.25) is 0 Å². The molecule has 2 aromatic carbocycles. The predicted molar refractivity (Wildman–Crippen MR) is 95.6 cm³/mol. The largest absolute Gasteiger partial charge is 0.491 e. The molecule has 0 radical (unpaired) electrons. The second kappa shape index (κ2) is 8.57. The van der Waals surface area contributed by atoms with E-state index in [-0.39, 0.29) is 12.6 Å². The maximum absolute atomic E-state index is 11.9. The SMILES string of the molecule is CC(C)Oc1cccc(C(O)CNC(=O)Nc2ccccc2Cl)c1. The molecule has 2 amide bonds. The molecule has 0 spiro atoms. The van der Waals surface area contributed by atoms with Crippen molar-refractivity contribution in [3.63, 3.8) is 0 Å². The Kier molecular flexibility index (Phi) is 6.46. The second-order valence-electron chi connectivity index (χ2n) is 5.57. The summed E-state index contributed by atoms with van der Waals surface area (Å²) in [5, 5.41) is 15.9. The summed E-state index contributed by atoms with van der Waals surface area (Å²) in [7, 11) is 0. The van der Waals surface area contributed by atoms with E-state index in [4.69, 9.17) is 16.3 Å². The van der Waals surface area contributed by atoms with Crippen molar-refractivity contribution >= 4 is 23.3 Å². The van der Waals surface area contributed by atoms with Crippen molar-refractivity contribution in [1.29, 1.82) is 0 Å². The van der Waals surface area contributed by atoms with Gasteiger partial charge >= 0.3 is 6.03 Å². The number of aliphatic hydroxyl groups excluding tert-OH is 1. The molecule has 0 fully saturated rings. The van der Waals surface area contributed by atoms with Gasteiger partial charge in [0, 0.05) is 6.54 Å². The minimum absolute atomic E-state index is 0.0527. The van der Waals surface area contributed by atoms with Crippen LogP contribution in [0, 0.1) is 0 Å². The van der Waals surface area contributed by atoms with Crippen LogP contribution in [-0.4, -0.2) is 23.8 Å². The van der Waals surface area contributed by atoms with E-state index >= 15 is 0 Å². The Morgan fingerprint density at radius 2 is 1.96 bits per heavy atom. The first-order valence-corrected chi connectivity index (χ1v) is 8.07. The van der Waals surface area contributed by atoms with Crippen LogP contribution in [0.3, 0.4) is 0 Å². The Labute approximate surface area is 146 Å². The van der Waals surface area contributed by atoms with E-state index in [9.17, 15) is 9.90 Å². The number of para-hydroxylation sites is 1. The molecule has 1 atom stereocenters. The standard InChI is InChI=1S/C18H21ClN2O3/c1-12(2)24-14-7-5-6-13(10-14)17(22)11-20-18(23)21-16-9-4-3-8-15(16)19/h3-10,12,17,22H,11H2,1-2H3,(H2,20,21,23). The maximum atomic E-state index is 11.9. The molecule has 6 heteroatoms. The van der Waals surface area contributed by atoms with Gasteiger partial charge in [0.25, 0.3) is 0 Å². The fourth-order valence-corrected chi connectivity index (χ4v) is 2.29. The molecule has 0 saturated carbocycles. The molecule has 2 aromatic rings. The molecule has 0 heterocycles. The van der Waals surface area contributed by atoms with Crippen LogP contribution >= 0.6 is 11.6 Å². The fraction of sp³-hybridized carbons (Fsp3) is 0.278. The number of hydrogen-bond donors (Lipinski definition) is 3. The molecule has 128 valence electrons. The summed E-state index contributed by atoms with van der Waals surface area (Å²) >= 11 is 5.98. The van der Waals surface area contributed by atoms with E-state index in [0.717, 1.165) is 0 Å². The predicted octanol–water partition coefficient (Wildman–Crippen LogP) is 3.98. The van der Waals surface area contributed by atoms with Gasteiger partial charge in [0.15, 0.2) is 0 Å². The summed E-state index contributed by atoms with van der Waals surface area (Å²) in [4.78, 5) is 11.9. The lowest BCUT2D eigenvalue weighted by Crippen LogP contribution is -2.32. The van der Waals surface area contributed by atoms with Crippen molar-refractivity contribution in [2.45, 2.75) is 26.1 Å². The first kappa shape index (κ1) is 18.1. The number of amides is 2. The summed E-state index contributed by atoms with van der Waals surface area (Å²) < 4.78 is 5.60. The molecule has 0 bridgehead atoms. The van der Waals surface area contributed by atoms with Gasteiger partial charge in [0.1, 0.15) is 5.75 Å². The van der Waals surface area contributed by atoms with Crippen LogP contribution in [0.2, 0.25) is 5.02 Å². The Morgan fingerprint density at radius 1 is 1.21 bits per heavy atom. The number of urea groups is 1. The summed E-state index contributed by atoms with van der Waals surface area (Å²) in [6.07, 6.45) is -0.783. The third-order valence-electron chi connectivity index (χ3n) is 3.19. The van der Waals surface area contributed by atoms with Crippen molar-refractivity contribution in [2.75, 3.05) is 11.9 Å². The molecule has 0 aliphatic rings. The Morgan fingerprint density at radius 3 is 2.67 bits per heavy atom. The number of benzene rings is 2. The highest BCUT2D eigenvalue weighted by Gasteiger charge is 2.11. The molecular formula is C18H21ClN2O3. The fourth-order valence-electron chi connectivity index (χ4n) is 2.10. The van der Waals surface area contributed by atoms with E-state index < -0.39 is 12.1 Å². The quantitative estimate of drug-likeness (QED) is 0.739. The molecule has 1 unspecified atom stereocenters. The monoisotopic (exact) mass is 348 g/mol. The van der Waals surface area contributed by atoms with Gasteiger partial charge in [-0.05, 0) is 43.7 Å². The maximum Gasteiger partial charge on any atom is 0.319 e. The van der Waals surface area contributed by atoms with Crippen molar-refractivity contribution in [3.8, 4) is 5.75 Å². The normalized spacial score (nSPS) is 11.9. The van der Waals surface area contributed by atoms with Gasteiger partial charge in [-0.25, -0.2) is 4.79 Å². The van der Waals surface area contributed by atoms with Crippen LogP contribution in [0.15, 0.2) is 48.5 Å². The highest BCUT2D eigenvalue weighted by atomic mass is 35.5. The lowest BCUT2D eigenvalue weighted by molar-refractivity contribution is 0.174. The number of nitrogens with one attached hydrogen (secondary N) is 2. The van der Waals surface area contributed by atoms with Crippen LogP contribution in [0.25, 0.3) is 0 Å². The smallest absolute Gasteiger partial charge is 0.319 e. The topological polar surface area (TPSA) is 70.6 Å². The summed E-state index contributed by atoms with van der Waals surface area (Å²) in [5.74, 6) is 0.682. The van der Waals surface area contributed by atoms with E-state index in [0.29, 0.717) is 22.0 Å². The first-order valence-electron chi connectivity index (χ1n) is 7.70. The number of aliphatic hydroxyl groups is 1. The van der Waals surface area contributed by atoms with Gasteiger partial charge in [0.2, 0.25) is 0 Å². The van der Waals surface area contributed by atoms with Gasteiger partial charge < -0.3 is 20.5 Å². The van der Waals surface area contributed by atoms with Crippen LogP contribution < -0.4 is 15.4 Å². The molecular weight excluding hydrogens is 328 g/mol.